The van der Waals surface area contributed by atoms with E-state index >= 15 is 0 Å². The van der Waals surface area contributed by atoms with Gasteiger partial charge in [-0.05, 0) is 12.1 Å². The molecule has 0 aliphatic heterocycles. The quantitative estimate of drug-likeness (QED) is 0.775. The average molecular weight is 219 g/mol. The zero-order chi connectivity index (χ0) is 10.7. The van der Waals surface area contributed by atoms with Gasteiger partial charge in [-0.1, -0.05) is 23.7 Å². The Bertz CT molecular complexity index is 384. The minimum atomic E-state index is -1.93. The number of hydrogen-bond donors (Lipinski definition) is 1. The Morgan fingerprint density at radius 2 is 1.71 bits per heavy atom. The molecule has 0 fully saturated rings. The van der Waals surface area contributed by atoms with E-state index in [9.17, 15) is 13.6 Å². The second kappa shape index (κ2) is 4.19. The fourth-order valence-electron chi connectivity index (χ4n) is 0.817. The fourth-order valence-corrected chi connectivity index (χ4v) is 0.943. The maximum Gasteiger partial charge on any atom is 0.367 e. The Morgan fingerprint density at radius 1 is 1.21 bits per heavy atom. The van der Waals surface area contributed by atoms with Gasteiger partial charge in [-0.3, -0.25) is 0 Å². The molecule has 74 valence electrons. The lowest BCUT2D eigenvalue weighted by Crippen LogP contribution is -1.97. The Hall–Kier alpha value is -1.42. The summed E-state index contributed by atoms with van der Waals surface area (Å²) in [5.74, 6) is -5.15. The van der Waals surface area contributed by atoms with Gasteiger partial charge in [0.05, 0.1) is 0 Å². The van der Waals surface area contributed by atoms with Crippen molar-refractivity contribution in [2.45, 2.75) is 0 Å². The fraction of sp³-hybridized carbons (Fsp3) is 0. The van der Waals surface area contributed by atoms with Gasteiger partial charge >= 0.3 is 5.97 Å². The van der Waals surface area contributed by atoms with Gasteiger partial charge in [-0.15, -0.1) is 0 Å². The van der Waals surface area contributed by atoms with Gasteiger partial charge in [0.25, 0.3) is 0 Å². The Kier molecular flexibility index (Phi) is 3.19. The molecular formula is C9H5ClF2O2. The Morgan fingerprint density at radius 3 is 2.14 bits per heavy atom. The van der Waals surface area contributed by atoms with Crippen LogP contribution in [0.3, 0.4) is 0 Å². The van der Waals surface area contributed by atoms with Crippen molar-refractivity contribution in [1.29, 1.82) is 0 Å². The molecule has 0 amide bonds. The van der Waals surface area contributed by atoms with Crippen molar-refractivity contribution in [2.24, 2.45) is 0 Å². The summed E-state index contributed by atoms with van der Waals surface area (Å²) in [5, 5.41) is 8.53. The first-order valence-electron chi connectivity index (χ1n) is 3.57. The van der Waals surface area contributed by atoms with Crippen molar-refractivity contribution in [3.63, 3.8) is 0 Å². The second-order valence-corrected chi connectivity index (χ2v) is 2.88. The summed E-state index contributed by atoms with van der Waals surface area (Å²) < 4.78 is 25.6. The zero-order valence-electron chi connectivity index (χ0n) is 6.80. The molecule has 1 N–H and O–H groups in total. The summed E-state index contributed by atoms with van der Waals surface area (Å²) in [6.45, 7) is 0. The van der Waals surface area contributed by atoms with Crippen LogP contribution in [0.1, 0.15) is 5.56 Å². The van der Waals surface area contributed by atoms with Crippen molar-refractivity contribution in [2.75, 3.05) is 0 Å². The first kappa shape index (κ1) is 10.7. The van der Waals surface area contributed by atoms with Gasteiger partial charge in [0.15, 0.2) is 5.83 Å². The third kappa shape index (κ3) is 2.29. The summed E-state index contributed by atoms with van der Waals surface area (Å²) in [6, 6.07) is 5.07. The van der Waals surface area contributed by atoms with E-state index in [2.05, 4.69) is 0 Å². The van der Waals surface area contributed by atoms with Crippen LogP contribution < -0.4 is 0 Å². The molecule has 0 saturated heterocycles. The smallest absolute Gasteiger partial charge is 0.367 e. The molecule has 0 aromatic heterocycles. The predicted molar refractivity (Wildman–Crippen MR) is 48.2 cm³/mol. The third-order valence-electron chi connectivity index (χ3n) is 1.48. The molecule has 1 aromatic carbocycles. The summed E-state index contributed by atoms with van der Waals surface area (Å²) in [5.41, 5.74) is -0.158. The molecule has 0 heterocycles. The lowest BCUT2D eigenvalue weighted by atomic mass is 10.2. The maximum atomic E-state index is 13.0. The van der Waals surface area contributed by atoms with E-state index in [4.69, 9.17) is 16.7 Å². The van der Waals surface area contributed by atoms with Gasteiger partial charge < -0.3 is 5.11 Å². The highest BCUT2D eigenvalue weighted by atomic mass is 35.5. The van der Waals surface area contributed by atoms with Gasteiger partial charge in [0, 0.05) is 10.6 Å². The molecule has 0 saturated carbocycles. The SMILES string of the molecule is O=C(O)/C(F)=C(\F)c1ccc(Cl)cc1. The molecule has 0 spiro atoms. The first-order valence-corrected chi connectivity index (χ1v) is 3.94. The molecule has 5 heteroatoms. The van der Waals surface area contributed by atoms with E-state index in [0.717, 1.165) is 0 Å². The second-order valence-electron chi connectivity index (χ2n) is 2.44. The van der Waals surface area contributed by atoms with E-state index in [0.29, 0.717) is 5.02 Å². The highest BCUT2D eigenvalue weighted by Gasteiger charge is 2.15. The number of rotatable bonds is 2. The number of aliphatic carboxylic acids is 1. The van der Waals surface area contributed by atoms with E-state index in [1.54, 1.807) is 0 Å². The highest BCUT2D eigenvalue weighted by molar-refractivity contribution is 6.30. The zero-order valence-corrected chi connectivity index (χ0v) is 7.55. The van der Waals surface area contributed by atoms with Crippen LogP contribution in [0.5, 0.6) is 0 Å². The number of carbonyl (C=O) groups is 1. The van der Waals surface area contributed by atoms with Crippen LogP contribution in [0.4, 0.5) is 8.78 Å². The molecule has 1 aromatic rings. The Labute approximate surface area is 83.4 Å². The predicted octanol–water partition coefficient (Wildman–Crippen LogP) is 3.03. The summed E-state index contributed by atoms with van der Waals surface area (Å²) >= 11 is 5.51. The van der Waals surface area contributed by atoms with E-state index < -0.39 is 17.6 Å². The van der Waals surface area contributed by atoms with Crippen LogP contribution in [-0.4, -0.2) is 11.1 Å². The average Bonchev–Trinajstić information content (AvgIpc) is 2.16. The largest absolute Gasteiger partial charge is 0.476 e. The van der Waals surface area contributed by atoms with Crippen LogP contribution in [0, 0.1) is 0 Å². The summed E-state index contributed by atoms with van der Waals surface area (Å²) in [6.07, 6.45) is 0. The molecular weight excluding hydrogens is 214 g/mol. The lowest BCUT2D eigenvalue weighted by Gasteiger charge is -1.97. The maximum absolute atomic E-state index is 13.0. The molecule has 0 atom stereocenters. The molecule has 1 rings (SSSR count). The summed E-state index contributed by atoms with van der Waals surface area (Å²) in [4.78, 5) is 10.1. The lowest BCUT2D eigenvalue weighted by molar-refractivity contribution is -0.134. The number of hydrogen-bond acceptors (Lipinski definition) is 1. The minimum Gasteiger partial charge on any atom is -0.476 e. The number of carboxylic acid groups (broad SMARTS) is 1. The standard InChI is InChI=1S/C9H5ClF2O2/c10-6-3-1-5(2-4-6)7(11)8(12)9(13)14/h1-4H,(H,13,14)/b8-7+. The van der Waals surface area contributed by atoms with Crippen LogP contribution in [-0.2, 0) is 4.79 Å². The normalized spacial score (nSPS) is 12.2. The molecule has 2 nitrogen and oxygen atoms in total. The van der Waals surface area contributed by atoms with Crippen LogP contribution in [0.2, 0.25) is 5.02 Å². The van der Waals surface area contributed by atoms with E-state index in [-0.39, 0.29) is 5.56 Å². The van der Waals surface area contributed by atoms with Crippen LogP contribution in [0.25, 0.3) is 5.83 Å². The minimum absolute atomic E-state index is 0.158. The molecule has 0 bridgehead atoms. The summed E-state index contributed by atoms with van der Waals surface area (Å²) in [7, 11) is 0. The molecule has 14 heavy (non-hydrogen) atoms. The monoisotopic (exact) mass is 218 g/mol. The first-order chi connectivity index (χ1) is 6.52. The van der Waals surface area contributed by atoms with Gasteiger partial charge in [0.1, 0.15) is 0 Å². The Balaban J connectivity index is 3.12. The van der Waals surface area contributed by atoms with Crippen LogP contribution >= 0.6 is 11.6 Å². The van der Waals surface area contributed by atoms with E-state index in [1.165, 1.54) is 24.3 Å². The highest BCUT2D eigenvalue weighted by Crippen LogP contribution is 2.22. The van der Waals surface area contributed by atoms with Gasteiger partial charge in [-0.2, -0.15) is 4.39 Å². The number of benzene rings is 1. The van der Waals surface area contributed by atoms with Gasteiger partial charge in [0.2, 0.25) is 5.83 Å². The van der Waals surface area contributed by atoms with Crippen LogP contribution in [0.15, 0.2) is 30.1 Å². The molecule has 0 radical (unpaired) electrons. The molecule has 0 aliphatic carbocycles. The van der Waals surface area contributed by atoms with Crippen molar-refractivity contribution in [1.82, 2.24) is 0 Å². The van der Waals surface area contributed by atoms with Crippen molar-refractivity contribution >= 4 is 23.4 Å². The van der Waals surface area contributed by atoms with Crippen molar-refractivity contribution < 1.29 is 18.7 Å². The van der Waals surface area contributed by atoms with Crippen molar-refractivity contribution in [3.05, 3.63) is 40.7 Å². The van der Waals surface area contributed by atoms with E-state index in [1.807, 2.05) is 0 Å². The third-order valence-corrected chi connectivity index (χ3v) is 1.73. The van der Waals surface area contributed by atoms with Gasteiger partial charge in [-0.25, -0.2) is 9.18 Å². The number of carboxylic acids is 1. The molecule has 0 aliphatic rings. The topological polar surface area (TPSA) is 37.3 Å². The number of halogens is 3. The van der Waals surface area contributed by atoms with Crippen molar-refractivity contribution in [3.8, 4) is 0 Å². The molecule has 0 unspecified atom stereocenters.